The number of benzene rings is 1. The molecule has 2 amide bonds. The molecule has 1 aromatic carbocycles. The maximum atomic E-state index is 11.6. The molecule has 0 aromatic heterocycles. The monoisotopic (exact) mass is 281 g/mol. The van der Waals surface area contributed by atoms with Crippen molar-refractivity contribution in [3.63, 3.8) is 0 Å². The molecule has 0 saturated carbocycles. The summed E-state index contributed by atoms with van der Waals surface area (Å²) < 4.78 is 0.707. The summed E-state index contributed by atoms with van der Waals surface area (Å²) in [5.74, 6) is -1.75. The van der Waals surface area contributed by atoms with E-state index in [1.807, 2.05) is 0 Å². The van der Waals surface area contributed by atoms with Gasteiger partial charge in [0.25, 0.3) is 5.78 Å². The Morgan fingerprint density at radius 2 is 2.06 bits per heavy atom. The van der Waals surface area contributed by atoms with Gasteiger partial charge in [-0.1, -0.05) is 22.9 Å². The van der Waals surface area contributed by atoms with E-state index in [4.69, 9.17) is 0 Å². The molecule has 1 aromatic rings. The lowest BCUT2D eigenvalue weighted by molar-refractivity contribution is -0.124. The van der Waals surface area contributed by atoms with Crippen LogP contribution in [0.5, 0.6) is 0 Å². The SMILES string of the molecule is CCC(=O)N1C(=O)C(=O)c2cc(Br)ccc21. The van der Waals surface area contributed by atoms with E-state index in [2.05, 4.69) is 15.9 Å². The predicted molar refractivity (Wildman–Crippen MR) is 61.3 cm³/mol. The molecule has 0 atom stereocenters. The maximum absolute atomic E-state index is 11.6. The predicted octanol–water partition coefficient (Wildman–Crippen LogP) is 1.92. The molecule has 2 rings (SSSR count). The minimum Gasteiger partial charge on any atom is -0.283 e. The van der Waals surface area contributed by atoms with Crippen molar-refractivity contribution in [2.75, 3.05) is 4.90 Å². The molecule has 0 fully saturated rings. The smallest absolute Gasteiger partial charge is 0.283 e. The second-order valence-corrected chi connectivity index (χ2v) is 4.29. The molecule has 4 nitrogen and oxygen atoms in total. The Kier molecular flexibility index (Phi) is 2.63. The Bertz CT molecular complexity index is 510. The molecular weight excluding hydrogens is 274 g/mol. The molecule has 1 heterocycles. The molecule has 0 unspecified atom stereocenters. The standard InChI is InChI=1S/C11H8BrNO3/c1-2-9(14)13-8-4-3-6(12)5-7(8)10(15)11(13)16/h3-5H,2H2,1H3. The summed E-state index contributed by atoms with van der Waals surface area (Å²) in [4.78, 5) is 35.7. The van der Waals surface area contributed by atoms with Crippen LogP contribution in [0.15, 0.2) is 22.7 Å². The van der Waals surface area contributed by atoms with Crippen LogP contribution in [0.4, 0.5) is 5.69 Å². The summed E-state index contributed by atoms with van der Waals surface area (Å²) in [6.07, 6.45) is 0.189. The lowest BCUT2D eigenvalue weighted by Crippen LogP contribution is -2.35. The first-order valence-electron chi connectivity index (χ1n) is 4.77. The summed E-state index contributed by atoms with van der Waals surface area (Å²) in [7, 11) is 0. The Hall–Kier alpha value is -1.49. The normalized spacial score (nSPS) is 14.2. The number of fused-ring (bicyclic) bond motifs is 1. The number of nitrogens with zero attached hydrogens (tertiary/aromatic N) is 1. The number of hydrogen-bond donors (Lipinski definition) is 0. The highest BCUT2D eigenvalue weighted by molar-refractivity contribution is 9.10. The van der Waals surface area contributed by atoms with E-state index in [9.17, 15) is 14.4 Å². The van der Waals surface area contributed by atoms with Gasteiger partial charge >= 0.3 is 5.91 Å². The summed E-state index contributed by atoms with van der Waals surface area (Å²) >= 11 is 3.22. The van der Waals surface area contributed by atoms with Gasteiger partial charge in [-0.2, -0.15) is 0 Å². The van der Waals surface area contributed by atoms with Crippen molar-refractivity contribution in [3.05, 3.63) is 28.2 Å². The minimum atomic E-state index is -0.764. The average Bonchev–Trinajstić information content (AvgIpc) is 2.52. The zero-order valence-corrected chi connectivity index (χ0v) is 10.1. The van der Waals surface area contributed by atoms with Crippen LogP contribution in [0, 0.1) is 0 Å². The van der Waals surface area contributed by atoms with Gasteiger partial charge in [0.05, 0.1) is 11.3 Å². The molecule has 0 N–H and O–H groups in total. The van der Waals surface area contributed by atoms with Crippen molar-refractivity contribution in [2.24, 2.45) is 0 Å². The van der Waals surface area contributed by atoms with Gasteiger partial charge in [-0.05, 0) is 18.2 Å². The summed E-state index contributed by atoms with van der Waals surface area (Å²) in [5, 5.41) is 0. The third-order valence-electron chi connectivity index (χ3n) is 2.39. The van der Waals surface area contributed by atoms with Crippen molar-refractivity contribution < 1.29 is 14.4 Å². The Balaban J connectivity index is 2.58. The van der Waals surface area contributed by atoms with Gasteiger partial charge < -0.3 is 0 Å². The van der Waals surface area contributed by atoms with Crippen LogP contribution >= 0.6 is 15.9 Å². The highest BCUT2D eigenvalue weighted by atomic mass is 79.9. The third kappa shape index (κ3) is 1.48. The van der Waals surface area contributed by atoms with Crippen LogP contribution in [0.3, 0.4) is 0 Å². The summed E-state index contributed by atoms with van der Waals surface area (Å²) in [6.45, 7) is 1.65. The quantitative estimate of drug-likeness (QED) is 0.739. The van der Waals surface area contributed by atoms with Gasteiger partial charge in [-0.3, -0.25) is 14.4 Å². The van der Waals surface area contributed by atoms with Crippen LogP contribution in [0.1, 0.15) is 23.7 Å². The lowest BCUT2D eigenvalue weighted by Gasteiger charge is -2.12. The largest absolute Gasteiger partial charge is 0.306 e. The van der Waals surface area contributed by atoms with E-state index in [-0.39, 0.29) is 17.9 Å². The fourth-order valence-corrected chi connectivity index (χ4v) is 1.98. The van der Waals surface area contributed by atoms with Gasteiger partial charge in [0.2, 0.25) is 5.91 Å². The second-order valence-electron chi connectivity index (χ2n) is 3.38. The number of carbonyl (C=O) groups excluding carboxylic acids is 3. The number of amides is 2. The number of ketones is 1. The topological polar surface area (TPSA) is 54.5 Å². The van der Waals surface area contributed by atoms with Gasteiger partial charge in [0.15, 0.2) is 0 Å². The summed E-state index contributed by atoms with van der Waals surface area (Å²) in [6, 6.07) is 4.84. The van der Waals surface area contributed by atoms with Crippen molar-refractivity contribution >= 4 is 39.2 Å². The lowest BCUT2D eigenvalue weighted by atomic mass is 10.1. The van der Waals surface area contributed by atoms with Crippen LogP contribution in [0.2, 0.25) is 0 Å². The first-order chi connectivity index (χ1) is 7.56. The van der Waals surface area contributed by atoms with Crippen molar-refractivity contribution in [2.45, 2.75) is 13.3 Å². The minimum absolute atomic E-state index is 0.189. The number of rotatable bonds is 1. The Morgan fingerprint density at radius 3 is 2.69 bits per heavy atom. The Morgan fingerprint density at radius 1 is 1.38 bits per heavy atom. The molecule has 1 aliphatic heterocycles. The number of carbonyl (C=O) groups is 3. The second kappa shape index (κ2) is 3.83. The molecule has 0 aliphatic carbocycles. The Labute approximate surface area is 100 Å². The van der Waals surface area contributed by atoms with E-state index in [0.29, 0.717) is 10.2 Å². The maximum Gasteiger partial charge on any atom is 0.306 e. The molecule has 16 heavy (non-hydrogen) atoms. The van der Waals surface area contributed by atoms with E-state index >= 15 is 0 Å². The number of hydrogen-bond acceptors (Lipinski definition) is 3. The number of Topliss-reactive ketones (excluding diaryl/α,β-unsaturated/α-hetero) is 1. The van der Waals surface area contributed by atoms with E-state index in [1.54, 1.807) is 25.1 Å². The molecule has 82 valence electrons. The fourth-order valence-electron chi connectivity index (χ4n) is 1.62. The molecule has 1 aliphatic rings. The van der Waals surface area contributed by atoms with Gasteiger partial charge in [0.1, 0.15) is 0 Å². The highest BCUT2D eigenvalue weighted by Crippen LogP contribution is 2.31. The van der Waals surface area contributed by atoms with Crippen molar-refractivity contribution in [1.82, 2.24) is 0 Å². The zero-order chi connectivity index (χ0) is 11.9. The average molecular weight is 282 g/mol. The molecule has 0 spiro atoms. The van der Waals surface area contributed by atoms with Gasteiger partial charge in [0, 0.05) is 10.9 Å². The van der Waals surface area contributed by atoms with Gasteiger partial charge in [-0.15, -0.1) is 0 Å². The molecule has 0 saturated heterocycles. The van der Waals surface area contributed by atoms with Crippen LogP contribution in [-0.4, -0.2) is 17.6 Å². The van der Waals surface area contributed by atoms with Gasteiger partial charge in [-0.25, -0.2) is 4.90 Å². The van der Waals surface area contributed by atoms with Crippen molar-refractivity contribution in [3.8, 4) is 0 Å². The zero-order valence-electron chi connectivity index (χ0n) is 8.49. The molecular formula is C11H8BrNO3. The first kappa shape index (κ1) is 11.0. The molecule has 5 heteroatoms. The van der Waals surface area contributed by atoms with E-state index < -0.39 is 11.7 Å². The van der Waals surface area contributed by atoms with E-state index in [1.165, 1.54) is 0 Å². The van der Waals surface area contributed by atoms with Crippen LogP contribution in [0.25, 0.3) is 0 Å². The number of halogens is 1. The number of imide groups is 1. The first-order valence-corrected chi connectivity index (χ1v) is 5.56. The molecule has 0 bridgehead atoms. The van der Waals surface area contributed by atoms with E-state index in [0.717, 1.165) is 4.90 Å². The number of anilines is 1. The summed E-state index contributed by atoms with van der Waals surface area (Å²) in [5.41, 5.74) is 0.659. The fraction of sp³-hybridized carbons (Fsp3) is 0.182. The highest BCUT2D eigenvalue weighted by Gasteiger charge is 2.38. The van der Waals surface area contributed by atoms with Crippen molar-refractivity contribution in [1.29, 1.82) is 0 Å². The third-order valence-corrected chi connectivity index (χ3v) is 2.89. The van der Waals surface area contributed by atoms with Crippen LogP contribution in [-0.2, 0) is 9.59 Å². The molecule has 0 radical (unpaired) electrons. The van der Waals surface area contributed by atoms with Crippen LogP contribution < -0.4 is 4.90 Å².